The Morgan fingerprint density at radius 3 is 2.86 bits per heavy atom. The molecule has 1 fully saturated rings. The summed E-state index contributed by atoms with van der Waals surface area (Å²) in [5.41, 5.74) is 2.60. The molecule has 0 radical (unpaired) electrons. The molecule has 3 aromatic rings. The Labute approximate surface area is 172 Å². The highest BCUT2D eigenvalue weighted by atomic mass is 35.5. The molecule has 2 unspecified atom stereocenters. The largest absolute Gasteiger partial charge is 0.311 e. The van der Waals surface area contributed by atoms with Gasteiger partial charge in [0.15, 0.2) is 0 Å². The van der Waals surface area contributed by atoms with E-state index in [1.807, 2.05) is 25.1 Å². The number of carbonyl (C=O) groups is 1. The lowest BCUT2D eigenvalue weighted by atomic mass is 10.0. The lowest BCUT2D eigenvalue weighted by Gasteiger charge is -2.15. The number of nitriles is 1. The minimum atomic E-state index is -0.265. The maximum Gasteiger partial charge on any atom is 0.250 e. The second-order valence-electron chi connectivity index (χ2n) is 7.27. The molecule has 7 heteroatoms. The molecule has 2 heterocycles. The first-order valence-corrected chi connectivity index (χ1v) is 9.79. The average molecular weight is 407 g/mol. The Morgan fingerprint density at radius 2 is 2.17 bits per heavy atom. The minimum Gasteiger partial charge on any atom is -0.311 e. The van der Waals surface area contributed by atoms with E-state index in [-0.39, 0.29) is 23.3 Å². The fourth-order valence-corrected chi connectivity index (χ4v) is 3.89. The van der Waals surface area contributed by atoms with Gasteiger partial charge in [-0.1, -0.05) is 24.6 Å². The van der Waals surface area contributed by atoms with Crippen LogP contribution >= 0.6 is 11.6 Å². The summed E-state index contributed by atoms with van der Waals surface area (Å²) >= 11 is 6.51. The minimum absolute atomic E-state index is 0.0902. The maximum atomic E-state index is 12.2. The van der Waals surface area contributed by atoms with Gasteiger partial charge in [-0.15, -0.1) is 0 Å². The number of nitrogens with zero attached hydrogens (tertiary/aromatic N) is 3. The second kappa shape index (κ2) is 7.34. The number of carbonyl (C=O) groups excluding carboxylic acids is 1. The number of benzene rings is 1. The van der Waals surface area contributed by atoms with Crippen LogP contribution in [0.25, 0.3) is 22.0 Å². The molecule has 146 valence electrons. The van der Waals surface area contributed by atoms with Crippen molar-refractivity contribution in [3.63, 3.8) is 0 Å². The third-order valence-corrected chi connectivity index (χ3v) is 5.70. The number of nitrogens with one attached hydrogen (secondary N) is 1. The molecule has 1 amide bonds. The molecule has 2 aromatic heterocycles. The van der Waals surface area contributed by atoms with Crippen molar-refractivity contribution in [1.82, 2.24) is 9.55 Å². The van der Waals surface area contributed by atoms with Gasteiger partial charge in [-0.2, -0.15) is 5.26 Å². The van der Waals surface area contributed by atoms with Gasteiger partial charge in [0.05, 0.1) is 28.6 Å². The highest BCUT2D eigenvalue weighted by molar-refractivity contribution is 6.36. The SMILES string of the molecule is CCc1ccc(=O)n(C)c1-c1cc(Cl)c2cnc(NC(=O)C3CC3C#N)cc2c1. The lowest BCUT2D eigenvalue weighted by molar-refractivity contribution is -0.117. The zero-order valence-corrected chi connectivity index (χ0v) is 16.8. The molecule has 1 aromatic carbocycles. The fraction of sp³-hybridized carbons (Fsp3) is 0.273. The zero-order valence-electron chi connectivity index (χ0n) is 16.1. The van der Waals surface area contributed by atoms with Gasteiger partial charge in [0.25, 0.3) is 5.56 Å². The number of pyridine rings is 2. The molecule has 4 rings (SSSR count). The summed E-state index contributed by atoms with van der Waals surface area (Å²) in [4.78, 5) is 28.7. The Kier molecular flexibility index (Phi) is 4.85. The molecular formula is C22H19ClN4O2. The molecule has 0 bridgehead atoms. The Balaban J connectivity index is 1.77. The maximum absolute atomic E-state index is 12.2. The van der Waals surface area contributed by atoms with E-state index >= 15 is 0 Å². The second-order valence-corrected chi connectivity index (χ2v) is 7.68. The quantitative estimate of drug-likeness (QED) is 0.711. The standard InChI is InChI=1S/C22H19ClN4O2/c1-3-12-4-5-20(28)27(2)21(12)14-6-13-9-19(25-11-17(13)18(23)8-14)26-22(29)16-7-15(16)10-24/h4-6,8-9,11,15-16H,3,7H2,1-2H3,(H,25,26,29). The summed E-state index contributed by atoms with van der Waals surface area (Å²) in [6, 6.07) is 11.1. The van der Waals surface area contributed by atoms with Crippen LogP contribution in [0.15, 0.2) is 41.3 Å². The first kappa shape index (κ1) is 19.2. The number of anilines is 1. The van der Waals surface area contributed by atoms with Gasteiger partial charge in [-0.25, -0.2) is 4.98 Å². The number of rotatable bonds is 4. The molecule has 1 aliphatic rings. The number of aromatic nitrogens is 2. The number of aryl methyl sites for hydroxylation is 1. The van der Waals surface area contributed by atoms with Crippen LogP contribution in [-0.2, 0) is 18.3 Å². The van der Waals surface area contributed by atoms with Crippen molar-refractivity contribution >= 4 is 34.1 Å². The first-order chi connectivity index (χ1) is 13.9. The molecule has 0 spiro atoms. The summed E-state index contributed by atoms with van der Waals surface area (Å²) in [6.07, 6.45) is 2.99. The van der Waals surface area contributed by atoms with Gasteiger partial charge in [0, 0.05) is 30.3 Å². The van der Waals surface area contributed by atoms with Crippen molar-refractivity contribution in [2.45, 2.75) is 19.8 Å². The van der Waals surface area contributed by atoms with Crippen LogP contribution in [0.5, 0.6) is 0 Å². The van der Waals surface area contributed by atoms with Crippen LogP contribution in [0.1, 0.15) is 18.9 Å². The van der Waals surface area contributed by atoms with E-state index in [1.165, 1.54) is 0 Å². The van der Waals surface area contributed by atoms with Gasteiger partial charge < -0.3 is 9.88 Å². The number of halogens is 1. The summed E-state index contributed by atoms with van der Waals surface area (Å²) in [6.45, 7) is 2.04. The molecule has 1 aliphatic carbocycles. The predicted molar refractivity (Wildman–Crippen MR) is 113 cm³/mol. The highest BCUT2D eigenvalue weighted by Crippen LogP contribution is 2.38. The third-order valence-electron chi connectivity index (χ3n) is 5.38. The summed E-state index contributed by atoms with van der Waals surface area (Å²) in [7, 11) is 1.74. The Bertz CT molecular complexity index is 1240. The summed E-state index contributed by atoms with van der Waals surface area (Å²) < 4.78 is 1.62. The van der Waals surface area contributed by atoms with Gasteiger partial charge in [-0.3, -0.25) is 9.59 Å². The van der Waals surface area contributed by atoms with Gasteiger partial charge >= 0.3 is 0 Å². The first-order valence-electron chi connectivity index (χ1n) is 9.42. The van der Waals surface area contributed by atoms with E-state index in [0.717, 1.165) is 34.0 Å². The van der Waals surface area contributed by atoms with Crippen LogP contribution in [0.4, 0.5) is 5.82 Å². The van der Waals surface area contributed by atoms with Crippen molar-refractivity contribution in [3.8, 4) is 17.3 Å². The van der Waals surface area contributed by atoms with Crippen LogP contribution < -0.4 is 10.9 Å². The third kappa shape index (κ3) is 3.50. The van der Waals surface area contributed by atoms with Crippen LogP contribution in [0.3, 0.4) is 0 Å². The molecular weight excluding hydrogens is 388 g/mol. The summed E-state index contributed by atoms with van der Waals surface area (Å²) in [5.74, 6) is -0.247. The number of fused-ring (bicyclic) bond motifs is 1. The van der Waals surface area contributed by atoms with Crippen molar-refractivity contribution < 1.29 is 4.79 Å². The van der Waals surface area contributed by atoms with Crippen molar-refractivity contribution in [2.24, 2.45) is 18.9 Å². The number of hydrogen-bond acceptors (Lipinski definition) is 4. The van der Waals surface area contributed by atoms with Gasteiger partial charge in [0.1, 0.15) is 5.82 Å². The number of hydrogen-bond donors (Lipinski definition) is 1. The Morgan fingerprint density at radius 1 is 1.38 bits per heavy atom. The average Bonchev–Trinajstić information content (AvgIpc) is 3.49. The number of amides is 1. The molecule has 6 nitrogen and oxygen atoms in total. The van der Waals surface area contributed by atoms with E-state index in [1.54, 1.807) is 29.9 Å². The molecule has 0 saturated heterocycles. The normalized spacial score (nSPS) is 17.7. The van der Waals surface area contributed by atoms with E-state index in [0.29, 0.717) is 17.3 Å². The van der Waals surface area contributed by atoms with Crippen molar-refractivity contribution in [3.05, 3.63) is 57.5 Å². The zero-order chi connectivity index (χ0) is 20.7. The van der Waals surface area contributed by atoms with Crippen LogP contribution in [0, 0.1) is 23.2 Å². The van der Waals surface area contributed by atoms with Crippen molar-refractivity contribution in [1.29, 1.82) is 5.26 Å². The predicted octanol–water partition coefficient (Wildman–Crippen LogP) is 3.91. The lowest BCUT2D eigenvalue weighted by Crippen LogP contribution is -2.18. The van der Waals surface area contributed by atoms with E-state index < -0.39 is 0 Å². The summed E-state index contributed by atoms with van der Waals surface area (Å²) in [5, 5.41) is 13.8. The molecule has 1 saturated carbocycles. The fourth-order valence-electron chi connectivity index (χ4n) is 3.62. The Hall–Kier alpha value is -3.17. The molecule has 2 atom stereocenters. The smallest absolute Gasteiger partial charge is 0.250 e. The van der Waals surface area contributed by atoms with Crippen molar-refractivity contribution in [2.75, 3.05) is 5.32 Å². The highest BCUT2D eigenvalue weighted by Gasteiger charge is 2.43. The van der Waals surface area contributed by atoms with Gasteiger partial charge in [-0.05, 0) is 42.0 Å². The topological polar surface area (TPSA) is 87.8 Å². The van der Waals surface area contributed by atoms with Gasteiger partial charge in [0.2, 0.25) is 5.91 Å². The van der Waals surface area contributed by atoms with Crippen LogP contribution in [0.2, 0.25) is 5.02 Å². The van der Waals surface area contributed by atoms with E-state index in [2.05, 4.69) is 16.4 Å². The monoisotopic (exact) mass is 406 g/mol. The van der Waals surface area contributed by atoms with E-state index in [9.17, 15) is 9.59 Å². The molecule has 0 aliphatic heterocycles. The van der Waals surface area contributed by atoms with Crippen LogP contribution in [-0.4, -0.2) is 15.5 Å². The molecule has 1 N–H and O–H groups in total. The molecule has 29 heavy (non-hydrogen) atoms. The van der Waals surface area contributed by atoms with E-state index in [4.69, 9.17) is 16.9 Å².